The van der Waals surface area contributed by atoms with E-state index in [4.69, 9.17) is 4.74 Å². The van der Waals surface area contributed by atoms with Crippen molar-refractivity contribution < 1.29 is 4.74 Å². The number of aromatic nitrogens is 1. The van der Waals surface area contributed by atoms with E-state index in [2.05, 4.69) is 69.1 Å². The molecular weight excluding hydrogens is 322 g/mol. The van der Waals surface area contributed by atoms with Crippen molar-refractivity contribution in [3.8, 4) is 5.75 Å². The summed E-state index contributed by atoms with van der Waals surface area (Å²) in [5.74, 6) is 1.12. The SMILES string of the molecule is c1cc2c(c(N3CCN(CCn4ccc5ccccc54)CC3)c1)OCC2. The topological polar surface area (TPSA) is 20.6 Å². The largest absolute Gasteiger partial charge is 0.491 e. The van der Waals surface area contributed by atoms with Crippen LogP contribution in [0.2, 0.25) is 0 Å². The van der Waals surface area contributed by atoms with Crippen LogP contribution in [-0.4, -0.2) is 48.8 Å². The average Bonchev–Trinajstić information content (AvgIpc) is 3.33. The number of fused-ring (bicyclic) bond motifs is 2. The third-order valence-corrected chi connectivity index (χ3v) is 5.74. The number of hydrogen-bond donors (Lipinski definition) is 0. The van der Waals surface area contributed by atoms with E-state index in [0.717, 1.165) is 58.0 Å². The van der Waals surface area contributed by atoms with Crippen LogP contribution in [0.1, 0.15) is 5.56 Å². The summed E-state index contributed by atoms with van der Waals surface area (Å²) in [4.78, 5) is 5.07. The molecule has 2 aliphatic heterocycles. The number of benzene rings is 2. The molecule has 2 aromatic carbocycles. The first-order valence-corrected chi connectivity index (χ1v) is 9.64. The van der Waals surface area contributed by atoms with E-state index in [0.29, 0.717) is 0 Å². The van der Waals surface area contributed by atoms with Gasteiger partial charge in [0.2, 0.25) is 0 Å². The zero-order valence-electron chi connectivity index (χ0n) is 15.1. The van der Waals surface area contributed by atoms with Gasteiger partial charge in [0.05, 0.1) is 12.3 Å². The van der Waals surface area contributed by atoms with Gasteiger partial charge in [-0.05, 0) is 29.1 Å². The van der Waals surface area contributed by atoms with Crippen molar-refractivity contribution >= 4 is 16.6 Å². The van der Waals surface area contributed by atoms with Crippen LogP contribution in [0.3, 0.4) is 0 Å². The second-order valence-electron chi connectivity index (χ2n) is 7.26. The lowest BCUT2D eigenvalue weighted by atomic mass is 10.1. The molecule has 4 heteroatoms. The number of hydrogen-bond acceptors (Lipinski definition) is 3. The molecule has 0 radical (unpaired) electrons. The van der Waals surface area contributed by atoms with Crippen molar-refractivity contribution in [1.82, 2.24) is 9.47 Å². The zero-order valence-corrected chi connectivity index (χ0v) is 15.1. The van der Waals surface area contributed by atoms with Crippen molar-refractivity contribution in [2.75, 3.05) is 44.2 Å². The molecule has 5 rings (SSSR count). The van der Waals surface area contributed by atoms with E-state index < -0.39 is 0 Å². The van der Waals surface area contributed by atoms with Crippen molar-refractivity contribution in [3.05, 3.63) is 60.3 Å². The Morgan fingerprint density at radius 2 is 1.73 bits per heavy atom. The molecule has 4 nitrogen and oxygen atoms in total. The van der Waals surface area contributed by atoms with Crippen LogP contribution in [0, 0.1) is 0 Å². The molecule has 0 bridgehead atoms. The quantitative estimate of drug-likeness (QED) is 0.722. The molecule has 1 saturated heterocycles. The molecule has 0 saturated carbocycles. The highest BCUT2D eigenvalue weighted by atomic mass is 16.5. The Hall–Kier alpha value is -2.46. The number of ether oxygens (including phenoxy) is 1. The molecule has 1 fully saturated rings. The second-order valence-corrected chi connectivity index (χ2v) is 7.26. The van der Waals surface area contributed by atoms with E-state index in [1.807, 2.05) is 0 Å². The van der Waals surface area contributed by atoms with Crippen LogP contribution in [0.4, 0.5) is 5.69 Å². The Bertz CT molecular complexity index is 909. The van der Waals surface area contributed by atoms with Crippen molar-refractivity contribution in [1.29, 1.82) is 0 Å². The van der Waals surface area contributed by atoms with Gasteiger partial charge in [-0.15, -0.1) is 0 Å². The van der Waals surface area contributed by atoms with Gasteiger partial charge in [-0.2, -0.15) is 0 Å². The zero-order chi connectivity index (χ0) is 17.3. The smallest absolute Gasteiger partial charge is 0.145 e. The summed E-state index contributed by atoms with van der Waals surface area (Å²) in [7, 11) is 0. The van der Waals surface area contributed by atoms with Crippen LogP contribution < -0.4 is 9.64 Å². The first kappa shape index (κ1) is 15.8. The van der Waals surface area contributed by atoms with Crippen LogP contribution in [0.5, 0.6) is 5.75 Å². The highest BCUT2D eigenvalue weighted by Gasteiger charge is 2.23. The van der Waals surface area contributed by atoms with Gasteiger partial charge in [0.15, 0.2) is 0 Å². The summed E-state index contributed by atoms with van der Waals surface area (Å²) < 4.78 is 8.26. The summed E-state index contributed by atoms with van der Waals surface area (Å²) in [5, 5.41) is 1.33. The van der Waals surface area contributed by atoms with E-state index in [-0.39, 0.29) is 0 Å². The molecule has 1 aromatic heterocycles. The van der Waals surface area contributed by atoms with Gasteiger partial charge in [0.1, 0.15) is 5.75 Å². The molecule has 0 amide bonds. The Kier molecular flexibility index (Phi) is 4.06. The molecule has 26 heavy (non-hydrogen) atoms. The standard InChI is InChI=1S/C22H25N3O/c1-2-6-20-18(4-1)8-10-24(20)14-11-23-12-15-25(16-13-23)21-7-3-5-19-9-17-26-22(19)21/h1-8,10H,9,11-17H2. The Morgan fingerprint density at radius 3 is 2.65 bits per heavy atom. The van der Waals surface area contributed by atoms with Crippen LogP contribution in [0.25, 0.3) is 10.9 Å². The highest BCUT2D eigenvalue weighted by molar-refractivity contribution is 5.79. The third-order valence-electron chi connectivity index (χ3n) is 5.74. The van der Waals surface area contributed by atoms with Crippen molar-refractivity contribution in [2.45, 2.75) is 13.0 Å². The maximum absolute atomic E-state index is 5.89. The first-order chi connectivity index (χ1) is 12.9. The van der Waals surface area contributed by atoms with Crippen molar-refractivity contribution in [2.24, 2.45) is 0 Å². The Morgan fingerprint density at radius 1 is 0.846 bits per heavy atom. The predicted octanol–water partition coefficient (Wildman–Crippen LogP) is 3.40. The van der Waals surface area contributed by atoms with E-state index in [1.165, 1.54) is 22.2 Å². The molecular formula is C22H25N3O. The van der Waals surface area contributed by atoms with E-state index >= 15 is 0 Å². The van der Waals surface area contributed by atoms with Gasteiger partial charge in [0, 0.05) is 57.4 Å². The normalized spacial score (nSPS) is 17.5. The molecule has 0 unspecified atom stereocenters. The maximum Gasteiger partial charge on any atom is 0.145 e. The minimum absolute atomic E-state index is 0.830. The van der Waals surface area contributed by atoms with Crippen LogP contribution >= 0.6 is 0 Å². The number of rotatable bonds is 4. The fraction of sp³-hybridized carbons (Fsp3) is 0.364. The predicted molar refractivity (Wildman–Crippen MR) is 106 cm³/mol. The van der Waals surface area contributed by atoms with Crippen LogP contribution in [-0.2, 0) is 13.0 Å². The molecule has 3 aromatic rings. The first-order valence-electron chi connectivity index (χ1n) is 9.64. The minimum Gasteiger partial charge on any atom is -0.491 e. The Labute approximate surface area is 154 Å². The van der Waals surface area contributed by atoms with Gasteiger partial charge >= 0.3 is 0 Å². The number of nitrogens with zero attached hydrogens (tertiary/aromatic N) is 3. The summed E-state index contributed by atoms with van der Waals surface area (Å²) in [6, 6.07) is 17.4. The molecule has 0 N–H and O–H groups in total. The van der Waals surface area contributed by atoms with Gasteiger partial charge in [-0.1, -0.05) is 30.3 Å². The fourth-order valence-corrected chi connectivity index (χ4v) is 4.24. The Balaban J connectivity index is 1.21. The maximum atomic E-state index is 5.89. The minimum atomic E-state index is 0.830. The lowest BCUT2D eigenvalue weighted by molar-refractivity contribution is 0.248. The number of piperazine rings is 1. The molecule has 0 spiro atoms. The molecule has 134 valence electrons. The number of para-hydroxylation sites is 2. The highest BCUT2D eigenvalue weighted by Crippen LogP contribution is 2.36. The fourth-order valence-electron chi connectivity index (χ4n) is 4.24. The summed E-state index contributed by atoms with van der Waals surface area (Å²) in [6.45, 7) is 7.37. The van der Waals surface area contributed by atoms with E-state index in [1.54, 1.807) is 0 Å². The molecule has 3 heterocycles. The van der Waals surface area contributed by atoms with Crippen LogP contribution in [0.15, 0.2) is 54.7 Å². The summed E-state index contributed by atoms with van der Waals surface area (Å²) in [6.07, 6.45) is 3.26. The van der Waals surface area contributed by atoms with Gasteiger partial charge in [0.25, 0.3) is 0 Å². The van der Waals surface area contributed by atoms with Gasteiger partial charge in [-0.25, -0.2) is 0 Å². The summed E-state index contributed by atoms with van der Waals surface area (Å²) in [5.41, 5.74) is 3.99. The second kappa shape index (κ2) is 6.69. The molecule has 0 aliphatic carbocycles. The molecule has 0 atom stereocenters. The lowest BCUT2D eigenvalue weighted by Gasteiger charge is -2.36. The van der Waals surface area contributed by atoms with Gasteiger partial charge < -0.3 is 14.2 Å². The number of anilines is 1. The molecule has 2 aliphatic rings. The van der Waals surface area contributed by atoms with E-state index in [9.17, 15) is 0 Å². The third kappa shape index (κ3) is 2.84. The average molecular weight is 347 g/mol. The summed E-state index contributed by atoms with van der Waals surface area (Å²) >= 11 is 0. The monoisotopic (exact) mass is 347 g/mol. The lowest BCUT2D eigenvalue weighted by Crippen LogP contribution is -2.47. The van der Waals surface area contributed by atoms with Gasteiger partial charge in [-0.3, -0.25) is 4.90 Å². The van der Waals surface area contributed by atoms with Crippen molar-refractivity contribution in [3.63, 3.8) is 0 Å².